The van der Waals surface area contributed by atoms with Gasteiger partial charge in [-0.2, -0.15) is 4.98 Å². The van der Waals surface area contributed by atoms with E-state index in [0.717, 1.165) is 72.8 Å². The number of fused-ring (bicyclic) bond motifs is 1. The van der Waals surface area contributed by atoms with Crippen LogP contribution in [0, 0.1) is 5.92 Å². The maximum Gasteiger partial charge on any atom is 0.503 e. The summed E-state index contributed by atoms with van der Waals surface area (Å²) in [6, 6.07) is 0. The largest absolute Gasteiger partial charge is 0.503 e. The van der Waals surface area contributed by atoms with Crippen molar-refractivity contribution in [3.63, 3.8) is 0 Å². The van der Waals surface area contributed by atoms with E-state index in [4.69, 9.17) is 24.5 Å². The van der Waals surface area contributed by atoms with Gasteiger partial charge in [0.1, 0.15) is 5.00 Å². The van der Waals surface area contributed by atoms with Crippen molar-refractivity contribution in [3.8, 4) is 11.5 Å². The Morgan fingerprint density at radius 1 is 1.26 bits per heavy atom. The Labute approximate surface area is 184 Å². The van der Waals surface area contributed by atoms with Gasteiger partial charge in [-0.25, -0.2) is 4.79 Å². The van der Waals surface area contributed by atoms with E-state index < -0.39 is 6.16 Å². The van der Waals surface area contributed by atoms with Crippen molar-refractivity contribution in [2.75, 3.05) is 5.32 Å². The SMILES string of the molecule is CCC1CCc2c(sc(NC(=O)C3=CCCC3)c2-c2nc(C3CC3)no2)C1.O=C(O)O. The van der Waals surface area contributed by atoms with Crippen molar-refractivity contribution >= 4 is 28.4 Å². The lowest BCUT2D eigenvalue weighted by atomic mass is 9.85. The van der Waals surface area contributed by atoms with Gasteiger partial charge in [-0.15, -0.1) is 11.3 Å². The Hall–Kier alpha value is -2.68. The van der Waals surface area contributed by atoms with Crippen LogP contribution in [-0.4, -0.2) is 32.4 Å². The molecule has 0 aliphatic heterocycles. The molecule has 0 spiro atoms. The van der Waals surface area contributed by atoms with Crippen molar-refractivity contribution in [3.05, 3.63) is 27.9 Å². The maximum absolute atomic E-state index is 12.7. The highest BCUT2D eigenvalue weighted by Gasteiger charge is 2.33. The summed E-state index contributed by atoms with van der Waals surface area (Å²) in [5.74, 6) is 2.63. The Morgan fingerprint density at radius 3 is 2.68 bits per heavy atom. The summed E-state index contributed by atoms with van der Waals surface area (Å²) in [4.78, 5) is 27.3. The molecule has 166 valence electrons. The molecule has 31 heavy (non-hydrogen) atoms. The van der Waals surface area contributed by atoms with Gasteiger partial charge < -0.3 is 20.1 Å². The second-order valence-electron chi connectivity index (χ2n) is 8.32. The number of hydrogen-bond acceptors (Lipinski definition) is 6. The lowest BCUT2D eigenvalue weighted by Gasteiger charge is -2.20. The molecular weight excluding hydrogens is 418 g/mol. The summed E-state index contributed by atoms with van der Waals surface area (Å²) in [7, 11) is 0. The number of rotatable bonds is 5. The van der Waals surface area contributed by atoms with Gasteiger partial charge in [-0.1, -0.05) is 24.6 Å². The van der Waals surface area contributed by atoms with E-state index in [1.165, 1.54) is 23.3 Å². The molecular formula is C22H27N3O5S. The molecule has 1 atom stereocenters. The van der Waals surface area contributed by atoms with Crippen molar-refractivity contribution < 1.29 is 24.3 Å². The molecule has 1 amide bonds. The monoisotopic (exact) mass is 445 g/mol. The normalized spacial score (nSPS) is 19.8. The van der Waals surface area contributed by atoms with Crippen molar-refractivity contribution in [2.24, 2.45) is 5.92 Å². The van der Waals surface area contributed by atoms with Crippen LogP contribution in [0.15, 0.2) is 16.2 Å². The molecule has 3 N–H and O–H groups in total. The summed E-state index contributed by atoms with van der Waals surface area (Å²) in [5.41, 5.74) is 3.20. The lowest BCUT2D eigenvalue weighted by molar-refractivity contribution is -0.112. The minimum atomic E-state index is -1.83. The molecule has 2 heterocycles. The topological polar surface area (TPSA) is 126 Å². The number of nitrogens with zero attached hydrogens (tertiary/aromatic N) is 2. The van der Waals surface area contributed by atoms with Crippen molar-refractivity contribution in [2.45, 2.75) is 70.6 Å². The number of amides is 1. The second kappa shape index (κ2) is 9.21. The molecule has 2 aromatic heterocycles. The molecule has 0 aromatic carbocycles. The highest BCUT2D eigenvalue weighted by atomic mass is 32.1. The van der Waals surface area contributed by atoms with Gasteiger partial charge >= 0.3 is 6.16 Å². The number of aromatic nitrogens is 2. The van der Waals surface area contributed by atoms with Gasteiger partial charge in [0.15, 0.2) is 5.82 Å². The third-order valence-corrected chi connectivity index (χ3v) is 7.27. The van der Waals surface area contributed by atoms with Gasteiger partial charge in [-0.05, 0) is 62.8 Å². The van der Waals surface area contributed by atoms with E-state index in [9.17, 15) is 4.79 Å². The first kappa shape index (κ1) is 21.5. The van der Waals surface area contributed by atoms with Gasteiger partial charge in [0.05, 0.1) is 5.56 Å². The molecule has 8 nitrogen and oxygen atoms in total. The van der Waals surface area contributed by atoms with E-state index in [1.54, 1.807) is 11.3 Å². The summed E-state index contributed by atoms with van der Waals surface area (Å²) >= 11 is 1.71. The van der Waals surface area contributed by atoms with Crippen molar-refractivity contribution in [1.29, 1.82) is 0 Å². The fourth-order valence-electron chi connectivity index (χ4n) is 4.22. The molecule has 1 unspecified atom stereocenters. The van der Waals surface area contributed by atoms with Crippen LogP contribution in [0.4, 0.5) is 9.80 Å². The Kier molecular flexibility index (Phi) is 6.41. The van der Waals surface area contributed by atoms with Crippen LogP contribution >= 0.6 is 11.3 Å². The zero-order valence-electron chi connectivity index (χ0n) is 17.5. The number of allylic oxidation sites excluding steroid dienone is 1. The van der Waals surface area contributed by atoms with Crippen molar-refractivity contribution in [1.82, 2.24) is 10.1 Å². The van der Waals surface area contributed by atoms with Gasteiger partial charge in [0.2, 0.25) is 0 Å². The molecule has 1 saturated carbocycles. The Balaban J connectivity index is 0.000000535. The molecule has 1 fully saturated rings. The molecule has 0 radical (unpaired) electrons. The zero-order valence-corrected chi connectivity index (χ0v) is 18.3. The van der Waals surface area contributed by atoms with Crippen LogP contribution in [-0.2, 0) is 17.6 Å². The van der Waals surface area contributed by atoms with E-state index in [-0.39, 0.29) is 5.91 Å². The molecule has 0 saturated heterocycles. The first-order chi connectivity index (χ1) is 15.0. The first-order valence-electron chi connectivity index (χ1n) is 10.9. The molecule has 3 aliphatic rings. The van der Waals surface area contributed by atoms with Crippen LogP contribution < -0.4 is 5.32 Å². The average molecular weight is 446 g/mol. The number of thiophene rings is 1. The second-order valence-corrected chi connectivity index (χ2v) is 9.42. The lowest BCUT2D eigenvalue weighted by Crippen LogP contribution is -2.13. The minimum Gasteiger partial charge on any atom is -0.450 e. The van der Waals surface area contributed by atoms with Gasteiger partial charge in [0, 0.05) is 16.4 Å². The van der Waals surface area contributed by atoms with E-state index in [0.29, 0.717) is 11.8 Å². The summed E-state index contributed by atoms with van der Waals surface area (Å²) in [6.45, 7) is 2.26. The highest BCUT2D eigenvalue weighted by molar-refractivity contribution is 7.17. The summed E-state index contributed by atoms with van der Waals surface area (Å²) in [6.07, 6.45) is 9.98. The summed E-state index contributed by atoms with van der Waals surface area (Å²) in [5, 5.41) is 22.2. The van der Waals surface area contributed by atoms with Gasteiger partial charge in [-0.3, -0.25) is 4.79 Å². The fourth-order valence-corrected chi connectivity index (χ4v) is 5.57. The Bertz CT molecular complexity index is 1000. The van der Waals surface area contributed by atoms with Crippen LogP contribution in [0.1, 0.15) is 74.1 Å². The quantitative estimate of drug-likeness (QED) is 0.558. The molecule has 9 heteroatoms. The molecule has 2 aromatic rings. The molecule has 3 aliphatic carbocycles. The zero-order chi connectivity index (χ0) is 22.0. The van der Waals surface area contributed by atoms with E-state index in [1.807, 2.05) is 0 Å². The summed E-state index contributed by atoms with van der Waals surface area (Å²) < 4.78 is 5.66. The predicted molar refractivity (Wildman–Crippen MR) is 117 cm³/mol. The van der Waals surface area contributed by atoms with E-state index >= 15 is 0 Å². The van der Waals surface area contributed by atoms with Crippen LogP contribution in [0.5, 0.6) is 0 Å². The minimum absolute atomic E-state index is 0.0290. The number of hydrogen-bond donors (Lipinski definition) is 3. The van der Waals surface area contributed by atoms with Gasteiger partial charge in [0.25, 0.3) is 11.8 Å². The number of nitrogens with one attached hydrogen (secondary N) is 1. The predicted octanol–water partition coefficient (Wildman–Crippen LogP) is 5.46. The molecule has 5 rings (SSSR count). The fraction of sp³-hybridized carbons (Fsp3) is 0.545. The standard InChI is InChI=1S/C21H25N3O2S.CH2O3/c1-2-12-7-10-15-16(11-12)27-21(23-19(25)14-5-3-4-6-14)17(15)20-22-18(24-26-20)13-8-9-13;2-1(3)4/h5,12-13H,2-4,6-11H2,1H3,(H,23,25);(H2,2,3,4). The smallest absolute Gasteiger partial charge is 0.450 e. The third kappa shape index (κ3) is 4.98. The van der Waals surface area contributed by atoms with Crippen LogP contribution in [0.3, 0.4) is 0 Å². The first-order valence-corrected chi connectivity index (χ1v) is 11.7. The van der Waals surface area contributed by atoms with Crippen LogP contribution in [0.25, 0.3) is 11.5 Å². The van der Waals surface area contributed by atoms with E-state index in [2.05, 4.69) is 23.5 Å². The number of anilines is 1. The maximum atomic E-state index is 12.7. The number of carbonyl (C=O) groups is 2. The highest BCUT2D eigenvalue weighted by Crippen LogP contribution is 2.46. The number of carbonyl (C=O) groups excluding carboxylic acids is 1. The number of carboxylic acid groups (broad SMARTS) is 2. The molecule has 0 bridgehead atoms. The third-order valence-electron chi connectivity index (χ3n) is 6.10. The van der Waals surface area contributed by atoms with Crippen LogP contribution in [0.2, 0.25) is 0 Å². The average Bonchev–Trinajstić information content (AvgIpc) is 3.14. The Morgan fingerprint density at radius 2 is 2.03 bits per heavy atom.